The summed E-state index contributed by atoms with van der Waals surface area (Å²) in [7, 11) is 0. The Labute approximate surface area is 152 Å². The quantitative estimate of drug-likeness (QED) is 0.661. The molecule has 1 N–H and O–H groups in total. The highest BCUT2D eigenvalue weighted by molar-refractivity contribution is 5.82. The zero-order valence-corrected chi connectivity index (χ0v) is 15.3. The van der Waals surface area contributed by atoms with Crippen molar-refractivity contribution in [3.63, 3.8) is 0 Å². The van der Waals surface area contributed by atoms with Gasteiger partial charge in [-0.2, -0.15) is 5.10 Å². The summed E-state index contributed by atoms with van der Waals surface area (Å²) in [5, 5.41) is 7.92. The Bertz CT molecular complexity index is 899. The van der Waals surface area contributed by atoms with E-state index in [0.29, 0.717) is 23.5 Å². The number of carbonyl (C=O) groups is 1. The van der Waals surface area contributed by atoms with E-state index in [9.17, 15) is 4.79 Å². The normalized spacial score (nSPS) is 10.9. The Balaban J connectivity index is 1.81. The predicted molar refractivity (Wildman–Crippen MR) is 99.5 cm³/mol. The minimum absolute atomic E-state index is 0.0788. The van der Waals surface area contributed by atoms with Crippen LogP contribution in [0, 0.1) is 13.8 Å². The molecule has 3 aromatic rings. The summed E-state index contributed by atoms with van der Waals surface area (Å²) >= 11 is 0. The summed E-state index contributed by atoms with van der Waals surface area (Å²) < 4.78 is 7.35. The average molecular weight is 353 g/mol. The maximum absolute atomic E-state index is 11.8. The lowest BCUT2D eigenvalue weighted by molar-refractivity contribution is -0.123. The third-order valence-electron chi connectivity index (χ3n) is 3.97. The van der Waals surface area contributed by atoms with Crippen molar-refractivity contribution in [2.75, 3.05) is 13.2 Å². The highest BCUT2D eigenvalue weighted by Gasteiger charge is 2.13. The van der Waals surface area contributed by atoms with Crippen molar-refractivity contribution in [1.82, 2.24) is 25.1 Å². The number of aryl methyl sites for hydroxylation is 2. The van der Waals surface area contributed by atoms with Crippen molar-refractivity contribution in [2.45, 2.75) is 33.6 Å². The number of unbranched alkanes of at least 4 members (excludes halogenated alkanes) is 1. The first-order chi connectivity index (χ1) is 12.6. The lowest BCUT2D eigenvalue weighted by Crippen LogP contribution is -2.29. The Morgan fingerprint density at radius 1 is 1.19 bits per heavy atom. The van der Waals surface area contributed by atoms with E-state index in [1.54, 1.807) is 10.9 Å². The number of fused-ring (bicyclic) bond motifs is 1. The maximum Gasteiger partial charge on any atom is 0.258 e. The molecule has 0 radical (unpaired) electrons. The molecular weight excluding hydrogens is 330 g/mol. The van der Waals surface area contributed by atoms with Crippen molar-refractivity contribution in [3.8, 4) is 11.6 Å². The molecule has 7 nitrogen and oxygen atoms in total. The van der Waals surface area contributed by atoms with E-state index in [4.69, 9.17) is 4.74 Å². The van der Waals surface area contributed by atoms with Crippen LogP contribution in [0.3, 0.4) is 0 Å². The largest absolute Gasteiger partial charge is 0.467 e. The second-order valence-electron chi connectivity index (χ2n) is 6.31. The van der Waals surface area contributed by atoms with Crippen molar-refractivity contribution >= 4 is 16.9 Å². The molecule has 0 spiro atoms. The van der Waals surface area contributed by atoms with Crippen LogP contribution in [-0.4, -0.2) is 38.8 Å². The first kappa shape index (κ1) is 17.8. The summed E-state index contributed by atoms with van der Waals surface area (Å²) in [6.45, 7) is 6.74. The summed E-state index contributed by atoms with van der Waals surface area (Å²) in [5.41, 5.74) is 3.88. The molecule has 2 aromatic heterocycles. The molecule has 26 heavy (non-hydrogen) atoms. The third-order valence-corrected chi connectivity index (χ3v) is 3.97. The first-order valence-corrected chi connectivity index (χ1v) is 8.75. The molecule has 0 fully saturated rings. The van der Waals surface area contributed by atoms with Gasteiger partial charge >= 0.3 is 0 Å². The fraction of sp³-hybridized carbons (Fsp3) is 0.368. The van der Waals surface area contributed by atoms with Gasteiger partial charge in [-0.1, -0.05) is 19.4 Å². The third kappa shape index (κ3) is 3.99. The van der Waals surface area contributed by atoms with Gasteiger partial charge in [0.05, 0.1) is 11.9 Å². The Morgan fingerprint density at radius 3 is 2.69 bits per heavy atom. The van der Waals surface area contributed by atoms with Crippen molar-refractivity contribution < 1.29 is 9.53 Å². The monoisotopic (exact) mass is 353 g/mol. The molecule has 7 heteroatoms. The number of hydrogen-bond donors (Lipinski definition) is 1. The fourth-order valence-corrected chi connectivity index (χ4v) is 2.79. The molecule has 0 aliphatic rings. The highest BCUT2D eigenvalue weighted by Crippen LogP contribution is 2.24. The number of aromatic nitrogens is 4. The number of carbonyl (C=O) groups excluding carboxylic acids is 1. The molecule has 0 bridgehead atoms. The number of nitrogens with zero attached hydrogens (tertiary/aromatic N) is 4. The van der Waals surface area contributed by atoms with E-state index < -0.39 is 0 Å². The SMILES string of the molecule is CCCCNC(=O)COc1ncnc2c1cnn2-c1cc(C)cc(C)c1. The van der Waals surface area contributed by atoms with Crippen LogP contribution < -0.4 is 10.1 Å². The molecule has 3 rings (SSSR count). The van der Waals surface area contributed by atoms with Gasteiger partial charge in [0.2, 0.25) is 5.88 Å². The summed E-state index contributed by atoms with van der Waals surface area (Å²) in [6.07, 6.45) is 5.07. The van der Waals surface area contributed by atoms with Crippen molar-refractivity contribution in [2.24, 2.45) is 0 Å². The number of hydrogen-bond acceptors (Lipinski definition) is 5. The van der Waals surface area contributed by atoms with Gasteiger partial charge in [0, 0.05) is 6.54 Å². The number of rotatable bonds is 7. The Kier molecular flexibility index (Phi) is 5.46. The van der Waals surface area contributed by atoms with Crippen LogP contribution in [0.5, 0.6) is 5.88 Å². The molecule has 1 aromatic carbocycles. The van der Waals surface area contributed by atoms with Crippen LogP contribution >= 0.6 is 0 Å². The number of ether oxygens (including phenoxy) is 1. The minimum atomic E-state index is -0.160. The number of benzene rings is 1. The lowest BCUT2D eigenvalue weighted by atomic mass is 10.1. The van der Waals surface area contributed by atoms with Gasteiger partial charge in [0.15, 0.2) is 12.3 Å². The van der Waals surface area contributed by atoms with Crippen LogP contribution in [0.4, 0.5) is 0 Å². The zero-order valence-electron chi connectivity index (χ0n) is 15.3. The summed E-state index contributed by atoms with van der Waals surface area (Å²) in [6, 6.07) is 6.20. The van der Waals surface area contributed by atoms with Gasteiger partial charge in [-0.3, -0.25) is 4.79 Å². The number of nitrogens with one attached hydrogen (secondary N) is 1. The van der Waals surface area contributed by atoms with Crippen LogP contribution in [-0.2, 0) is 4.79 Å². The van der Waals surface area contributed by atoms with Gasteiger partial charge in [-0.15, -0.1) is 0 Å². The second kappa shape index (κ2) is 7.95. The van der Waals surface area contributed by atoms with E-state index in [2.05, 4.69) is 33.4 Å². The molecule has 0 unspecified atom stereocenters. The molecule has 0 saturated heterocycles. The molecule has 2 heterocycles. The topological polar surface area (TPSA) is 81.9 Å². The van der Waals surface area contributed by atoms with Crippen molar-refractivity contribution in [3.05, 3.63) is 41.9 Å². The molecule has 0 saturated carbocycles. The van der Waals surface area contributed by atoms with Gasteiger partial charge in [0.1, 0.15) is 11.7 Å². The van der Waals surface area contributed by atoms with Gasteiger partial charge in [-0.25, -0.2) is 14.6 Å². The zero-order chi connectivity index (χ0) is 18.5. The van der Waals surface area contributed by atoms with E-state index >= 15 is 0 Å². The van der Waals surface area contributed by atoms with Gasteiger partial charge < -0.3 is 10.1 Å². The molecular formula is C19H23N5O2. The summed E-state index contributed by atoms with van der Waals surface area (Å²) in [5.74, 6) is 0.197. The lowest BCUT2D eigenvalue weighted by Gasteiger charge is -2.08. The van der Waals surface area contributed by atoms with Gasteiger partial charge in [0.25, 0.3) is 5.91 Å². The van der Waals surface area contributed by atoms with E-state index in [-0.39, 0.29) is 12.5 Å². The highest BCUT2D eigenvalue weighted by atomic mass is 16.5. The number of amides is 1. The molecule has 0 aliphatic carbocycles. The summed E-state index contributed by atoms with van der Waals surface area (Å²) in [4.78, 5) is 20.3. The van der Waals surface area contributed by atoms with E-state index in [1.165, 1.54) is 6.33 Å². The molecule has 0 aliphatic heterocycles. The van der Waals surface area contributed by atoms with Crippen LogP contribution in [0.15, 0.2) is 30.7 Å². The first-order valence-electron chi connectivity index (χ1n) is 8.75. The van der Waals surface area contributed by atoms with E-state index in [0.717, 1.165) is 29.7 Å². The van der Waals surface area contributed by atoms with Crippen LogP contribution in [0.1, 0.15) is 30.9 Å². The molecule has 1 amide bonds. The maximum atomic E-state index is 11.8. The standard InChI is InChI=1S/C19H23N5O2/c1-4-5-6-20-17(25)11-26-19-16-10-23-24(18(16)21-12-22-19)15-8-13(2)7-14(3)9-15/h7-10,12H,4-6,11H2,1-3H3,(H,20,25). The molecule has 136 valence electrons. The molecule has 0 atom stereocenters. The van der Waals surface area contributed by atoms with Crippen molar-refractivity contribution in [1.29, 1.82) is 0 Å². The smallest absolute Gasteiger partial charge is 0.258 e. The predicted octanol–water partition coefficient (Wildman–Crippen LogP) is 2.73. The van der Waals surface area contributed by atoms with E-state index in [1.807, 2.05) is 26.0 Å². The fourth-order valence-electron chi connectivity index (χ4n) is 2.79. The Morgan fingerprint density at radius 2 is 1.96 bits per heavy atom. The van der Waals surface area contributed by atoms with Gasteiger partial charge in [-0.05, 0) is 43.5 Å². The minimum Gasteiger partial charge on any atom is -0.467 e. The van der Waals surface area contributed by atoms with Crippen LogP contribution in [0.25, 0.3) is 16.7 Å². The Hall–Kier alpha value is -2.96. The average Bonchev–Trinajstić information content (AvgIpc) is 3.04. The van der Waals surface area contributed by atoms with Crippen LogP contribution in [0.2, 0.25) is 0 Å². The second-order valence-corrected chi connectivity index (χ2v) is 6.31.